The molecule has 0 saturated carbocycles. The summed E-state index contributed by atoms with van der Waals surface area (Å²) >= 11 is 0. The number of morpholine rings is 1. The van der Waals surface area contributed by atoms with Crippen molar-refractivity contribution in [2.45, 2.75) is 33.0 Å². The van der Waals surface area contributed by atoms with Gasteiger partial charge in [-0.1, -0.05) is 13.8 Å². The third-order valence-electron chi connectivity index (χ3n) is 5.20. The molecule has 0 spiro atoms. The van der Waals surface area contributed by atoms with Crippen LogP contribution in [0.15, 0.2) is 17.1 Å². The summed E-state index contributed by atoms with van der Waals surface area (Å²) in [4.78, 5) is 6.67. The molecule has 0 aromatic heterocycles. The van der Waals surface area contributed by atoms with Crippen LogP contribution >= 0.6 is 24.0 Å². The Bertz CT molecular complexity index is 733. The minimum absolute atomic E-state index is 0. The van der Waals surface area contributed by atoms with Gasteiger partial charge in [0.25, 0.3) is 0 Å². The SMILES string of the molecule is CN=C(NCc1cc2c(cc1OC(F)F)OCO2)NCC(C(C)C)N1CCOCC1.I. The van der Waals surface area contributed by atoms with Crippen LogP contribution in [-0.2, 0) is 11.3 Å². The van der Waals surface area contributed by atoms with E-state index in [2.05, 4.69) is 39.1 Å². The molecule has 31 heavy (non-hydrogen) atoms. The molecule has 2 heterocycles. The second kappa shape index (κ2) is 12.4. The Kier molecular flexibility index (Phi) is 10.3. The van der Waals surface area contributed by atoms with Crippen LogP contribution in [0, 0.1) is 5.92 Å². The number of ether oxygens (including phenoxy) is 4. The Morgan fingerprint density at radius 2 is 1.84 bits per heavy atom. The lowest BCUT2D eigenvalue weighted by Gasteiger charge is -2.37. The summed E-state index contributed by atoms with van der Waals surface area (Å²) in [7, 11) is 1.67. The summed E-state index contributed by atoms with van der Waals surface area (Å²) < 4.78 is 46.3. The first kappa shape index (κ1) is 25.7. The predicted octanol–water partition coefficient (Wildman–Crippen LogP) is 2.66. The van der Waals surface area contributed by atoms with E-state index < -0.39 is 6.61 Å². The highest BCUT2D eigenvalue weighted by atomic mass is 127. The highest BCUT2D eigenvalue weighted by Gasteiger charge is 2.24. The smallest absolute Gasteiger partial charge is 0.387 e. The van der Waals surface area contributed by atoms with Crippen molar-refractivity contribution in [2.24, 2.45) is 10.9 Å². The fourth-order valence-corrected chi connectivity index (χ4v) is 3.61. The third-order valence-corrected chi connectivity index (χ3v) is 5.20. The number of rotatable bonds is 8. The normalized spacial score (nSPS) is 17.5. The maximum Gasteiger partial charge on any atom is 0.387 e. The van der Waals surface area contributed by atoms with E-state index in [0.29, 0.717) is 41.5 Å². The largest absolute Gasteiger partial charge is 0.454 e. The van der Waals surface area contributed by atoms with Gasteiger partial charge in [-0.25, -0.2) is 0 Å². The lowest BCUT2D eigenvalue weighted by atomic mass is 10.0. The Balaban J connectivity index is 0.00000341. The Labute approximate surface area is 198 Å². The van der Waals surface area contributed by atoms with E-state index >= 15 is 0 Å². The summed E-state index contributed by atoms with van der Waals surface area (Å²) in [6.45, 7) is 5.76. The molecule has 0 radical (unpaired) electrons. The van der Waals surface area contributed by atoms with E-state index in [1.54, 1.807) is 13.1 Å². The van der Waals surface area contributed by atoms with Gasteiger partial charge in [-0.3, -0.25) is 9.89 Å². The lowest BCUT2D eigenvalue weighted by Crippen LogP contribution is -2.52. The van der Waals surface area contributed by atoms with Gasteiger partial charge in [0, 0.05) is 50.9 Å². The van der Waals surface area contributed by atoms with E-state index in [1.165, 1.54) is 6.07 Å². The molecule has 1 aromatic rings. The molecule has 0 bridgehead atoms. The van der Waals surface area contributed by atoms with Crippen molar-refractivity contribution >= 4 is 29.9 Å². The number of aliphatic imine (C=N–C) groups is 1. The molecule has 2 aliphatic rings. The number of hydrogen-bond donors (Lipinski definition) is 2. The summed E-state index contributed by atoms with van der Waals surface area (Å²) in [5.74, 6) is 1.97. The van der Waals surface area contributed by atoms with Crippen molar-refractivity contribution in [1.29, 1.82) is 0 Å². The van der Waals surface area contributed by atoms with Crippen LogP contribution in [0.3, 0.4) is 0 Å². The van der Waals surface area contributed by atoms with Crippen LogP contribution in [-0.4, -0.2) is 70.2 Å². The van der Waals surface area contributed by atoms with E-state index in [4.69, 9.17) is 14.2 Å². The van der Waals surface area contributed by atoms with Crippen LogP contribution in [0.4, 0.5) is 8.78 Å². The highest BCUT2D eigenvalue weighted by Crippen LogP contribution is 2.38. The minimum atomic E-state index is -2.93. The first-order valence-electron chi connectivity index (χ1n) is 10.1. The fourth-order valence-electron chi connectivity index (χ4n) is 3.61. The van der Waals surface area contributed by atoms with Gasteiger partial charge >= 0.3 is 6.61 Å². The quantitative estimate of drug-likeness (QED) is 0.290. The molecular formula is C20H31F2IN4O4. The second-order valence-electron chi connectivity index (χ2n) is 7.46. The molecule has 0 aliphatic carbocycles. The zero-order valence-electron chi connectivity index (χ0n) is 18.0. The molecule has 8 nitrogen and oxygen atoms in total. The van der Waals surface area contributed by atoms with Crippen LogP contribution in [0.2, 0.25) is 0 Å². The van der Waals surface area contributed by atoms with Gasteiger partial charge < -0.3 is 29.6 Å². The second-order valence-corrected chi connectivity index (χ2v) is 7.46. The molecule has 1 fully saturated rings. The molecule has 3 rings (SSSR count). The first-order chi connectivity index (χ1) is 14.5. The molecule has 2 N–H and O–H groups in total. The van der Waals surface area contributed by atoms with E-state index in [1.807, 2.05) is 0 Å². The van der Waals surface area contributed by atoms with Crippen molar-refractivity contribution in [1.82, 2.24) is 15.5 Å². The van der Waals surface area contributed by atoms with Crippen LogP contribution in [0.5, 0.6) is 17.2 Å². The van der Waals surface area contributed by atoms with Gasteiger partial charge in [-0.2, -0.15) is 8.78 Å². The molecule has 1 unspecified atom stereocenters. The van der Waals surface area contributed by atoms with Crippen LogP contribution < -0.4 is 24.8 Å². The molecule has 11 heteroatoms. The molecule has 1 atom stereocenters. The Hall–Kier alpha value is -1.60. The predicted molar refractivity (Wildman–Crippen MR) is 124 cm³/mol. The number of guanidine groups is 1. The van der Waals surface area contributed by atoms with E-state index in [-0.39, 0.29) is 43.1 Å². The summed E-state index contributed by atoms with van der Waals surface area (Å²) in [6.07, 6.45) is 0. The van der Waals surface area contributed by atoms with Gasteiger partial charge in [-0.15, -0.1) is 24.0 Å². The molecule has 1 aromatic carbocycles. The monoisotopic (exact) mass is 556 g/mol. The van der Waals surface area contributed by atoms with E-state index in [9.17, 15) is 8.78 Å². The van der Waals surface area contributed by atoms with Crippen molar-refractivity contribution in [3.05, 3.63) is 17.7 Å². The number of fused-ring (bicyclic) bond motifs is 1. The Morgan fingerprint density at radius 3 is 2.45 bits per heavy atom. The number of benzene rings is 1. The number of nitrogens with one attached hydrogen (secondary N) is 2. The molecule has 176 valence electrons. The zero-order chi connectivity index (χ0) is 21.5. The maximum atomic E-state index is 12.8. The van der Waals surface area contributed by atoms with Gasteiger partial charge in [0.1, 0.15) is 5.75 Å². The minimum Gasteiger partial charge on any atom is -0.454 e. The number of nitrogens with zero attached hydrogens (tertiary/aromatic N) is 2. The van der Waals surface area contributed by atoms with Crippen molar-refractivity contribution < 1.29 is 27.7 Å². The number of hydrogen-bond acceptors (Lipinski definition) is 6. The number of alkyl halides is 2. The third kappa shape index (κ3) is 7.21. The standard InChI is InChI=1S/C20H30F2N4O4.HI/c1-13(2)15(26-4-6-27-7-5-26)11-25-20(23-3)24-10-14-8-17-18(29-12-28-17)9-16(14)30-19(21)22;/h8-9,13,15,19H,4-7,10-12H2,1-3H3,(H2,23,24,25);1H. The van der Waals surface area contributed by atoms with Crippen molar-refractivity contribution in [3.63, 3.8) is 0 Å². The van der Waals surface area contributed by atoms with Crippen molar-refractivity contribution in [3.8, 4) is 17.2 Å². The first-order valence-corrected chi connectivity index (χ1v) is 10.1. The maximum absolute atomic E-state index is 12.8. The molecule has 1 saturated heterocycles. The lowest BCUT2D eigenvalue weighted by molar-refractivity contribution is -0.0505. The topological polar surface area (TPSA) is 76.6 Å². The summed E-state index contributed by atoms with van der Waals surface area (Å²) in [5, 5.41) is 6.50. The van der Waals surface area contributed by atoms with Gasteiger partial charge in [0.05, 0.1) is 13.2 Å². The van der Waals surface area contributed by atoms with Gasteiger partial charge in [0.15, 0.2) is 17.5 Å². The Morgan fingerprint density at radius 1 is 1.16 bits per heavy atom. The zero-order valence-corrected chi connectivity index (χ0v) is 20.4. The average Bonchev–Trinajstić information content (AvgIpc) is 3.17. The summed E-state index contributed by atoms with van der Waals surface area (Å²) in [5.41, 5.74) is 0.524. The molecule has 2 aliphatic heterocycles. The van der Waals surface area contributed by atoms with Gasteiger partial charge in [-0.05, 0) is 12.0 Å². The fraction of sp³-hybridized carbons (Fsp3) is 0.650. The van der Waals surface area contributed by atoms with Gasteiger partial charge in [0.2, 0.25) is 6.79 Å². The molecular weight excluding hydrogens is 525 g/mol. The highest BCUT2D eigenvalue weighted by molar-refractivity contribution is 14.0. The molecule has 0 amide bonds. The average molecular weight is 556 g/mol. The summed E-state index contributed by atoms with van der Waals surface area (Å²) in [6, 6.07) is 3.40. The van der Waals surface area contributed by atoms with E-state index in [0.717, 1.165) is 26.3 Å². The van der Waals surface area contributed by atoms with Crippen LogP contribution in [0.1, 0.15) is 19.4 Å². The van der Waals surface area contributed by atoms with Crippen molar-refractivity contribution in [2.75, 3.05) is 46.7 Å². The van der Waals surface area contributed by atoms with Crippen LogP contribution in [0.25, 0.3) is 0 Å². The number of halogens is 3.